The lowest BCUT2D eigenvalue weighted by atomic mass is 10.3. The number of hydrogen-bond acceptors (Lipinski definition) is 1. The minimum atomic E-state index is -2.07. The summed E-state index contributed by atoms with van der Waals surface area (Å²) in [5.41, 5.74) is 0. The monoisotopic (exact) mass is 386 g/mol. The van der Waals surface area contributed by atoms with Crippen LogP contribution in [-0.4, -0.2) is 0 Å². The summed E-state index contributed by atoms with van der Waals surface area (Å²) in [5.74, 6) is 0. The first-order valence-corrected chi connectivity index (χ1v) is 11.7. The minimum absolute atomic E-state index is 0.764. The summed E-state index contributed by atoms with van der Waals surface area (Å²) in [7, 11) is -2.83. The van der Waals surface area contributed by atoms with Gasteiger partial charge < -0.3 is 4.57 Å². The lowest BCUT2D eigenvalue weighted by molar-refractivity contribution is 0.598. The lowest BCUT2D eigenvalue weighted by Gasteiger charge is -2.22. The van der Waals surface area contributed by atoms with Gasteiger partial charge in [0.15, 0.2) is 0 Å². The van der Waals surface area contributed by atoms with Crippen LogP contribution >= 0.6 is 15.7 Å². The molecule has 0 aromatic heterocycles. The molecule has 0 aliphatic heterocycles. The van der Waals surface area contributed by atoms with Crippen molar-refractivity contribution in [2.24, 2.45) is 0 Å². The summed E-state index contributed by atoms with van der Waals surface area (Å²) >= 11 is 0. The van der Waals surface area contributed by atoms with Crippen molar-refractivity contribution < 1.29 is 4.57 Å². The maximum Gasteiger partial charge on any atom is 0.132 e. The molecule has 0 fully saturated rings. The molecule has 4 aromatic carbocycles. The van der Waals surface area contributed by atoms with E-state index in [1.54, 1.807) is 0 Å². The Morgan fingerprint density at radius 2 is 0.963 bits per heavy atom. The molecular weight excluding hydrogens is 366 g/mol. The van der Waals surface area contributed by atoms with Gasteiger partial charge in [0.25, 0.3) is 0 Å². The van der Waals surface area contributed by atoms with E-state index in [0.29, 0.717) is 0 Å². The zero-order chi connectivity index (χ0) is 18.5. The Morgan fingerprint density at radius 3 is 1.52 bits per heavy atom. The molecule has 0 aliphatic rings. The second-order valence-corrected chi connectivity index (χ2v) is 10.2. The molecule has 0 saturated carbocycles. The fraction of sp³-hybridized carbons (Fsp3) is 0. The van der Waals surface area contributed by atoms with Crippen LogP contribution in [0.1, 0.15) is 0 Å². The first kappa shape index (κ1) is 17.9. The molecule has 3 heteroatoms. The van der Waals surface area contributed by atoms with E-state index in [4.69, 9.17) is 0 Å². The molecule has 0 spiro atoms. The van der Waals surface area contributed by atoms with Gasteiger partial charge in [-0.1, -0.05) is 115 Å². The summed E-state index contributed by atoms with van der Waals surface area (Å²) in [5, 5.41) is 5.60. The molecule has 132 valence electrons. The summed E-state index contributed by atoms with van der Waals surface area (Å²) in [6.07, 6.45) is 0. The first-order valence-electron chi connectivity index (χ1n) is 8.93. The predicted molar refractivity (Wildman–Crippen MR) is 120 cm³/mol. The van der Waals surface area contributed by atoms with Gasteiger partial charge in [0.1, 0.15) is 7.80 Å². The van der Waals surface area contributed by atoms with Gasteiger partial charge in [-0.15, -0.1) is 0 Å². The van der Waals surface area contributed by atoms with Crippen LogP contribution in [0, 0.1) is 0 Å². The van der Waals surface area contributed by atoms with Gasteiger partial charge in [0.2, 0.25) is 0 Å². The molecule has 0 N–H and O–H groups in total. The second-order valence-electron chi connectivity index (χ2n) is 6.22. The molecule has 4 aromatic rings. The fourth-order valence-electron chi connectivity index (χ4n) is 3.19. The Hall–Kier alpha value is -2.46. The number of benzene rings is 4. The number of rotatable bonds is 5. The van der Waals surface area contributed by atoms with Crippen molar-refractivity contribution in [3.05, 3.63) is 115 Å². The molecule has 0 bridgehead atoms. The molecule has 27 heavy (non-hydrogen) atoms. The van der Waals surface area contributed by atoms with E-state index in [0.717, 1.165) is 10.6 Å². The van der Waals surface area contributed by atoms with Crippen LogP contribution < -0.4 is 26.5 Å². The smallest absolute Gasteiger partial charge is 0.132 e. The molecule has 0 saturated heterocycles. The van der Waals surface area contributed by atoms with Crippen LogP contribution in [-0.2, 0) is 4.57 Å². The quantitative estimate of drug-likeness (QED) is 0.475. The van der Waals surface area contributed by atoms with Crippen molar-refractivity contribution in [1.29, 1.82) is 0 Å². The van der Waals surface area contributed by atoms with E-state index in [-0.39, 0.29) is 0 Å². The largest absolute Gasteiger partial charge is 0.317 e. The second kappa shape index (κ2) is 8.49. The SMILES string of the molecule is O=[PH](c1ccccc1)c1ccccc1P(c1ccccc1)c1ccccc1. The Labute approximate surface area is 162 Å². The maximum absolute atomic E-state index is 13.4. The van der Waals surface area contributed by atoms with Gasteiger partial charge in [-0.25, -0.2) is 0 Å². The van der Waals surface area contributed by atoms with Gasteiger partial charge in [0, 0.05) is 10.6 Å². The van der Waals surface area contributed by atoms with Crippen molar-refractivity contribution in [2.45, 2.75) is 0 Å². The van der Waals surface area contributed by atoms with Crippen molar-refractivity contribution in [3.8, 4) is 0 Å². The first-order chi connectivity index (χ1) is 13.3. The molecular formula is C24H20OP2. The van der Waals surface area contributed by atoms with Crippen molar-refractivity contribution in [2.75, 3.05) is 0 Å². The highest BCUT2D eigenvalue weighted by atomic mass is 31.1. The molecule has 1 nitrogen and oxygen atoms in total. The molecule has 0 aliphatic carbocycles. The normalized spacial score (nSPS) is 12.0. The predicted octanol–water partition coefficient (Wildman–Crippen LogP) is 3.96. The Bertz CT molecular complexity index is 992. The third-order valence-electron chi connectivity index (χ3n) is 4.45. The summed E-state index contributed by atoms with van der Waals surface area (Å²) in [6.45, 7) is 0. The van der Waals surface area contributed by atoms with E-state index >= 15 is 0 Å². The minimum Gasteiger partial charge on any atom is -0.317 e. The number of hydrogen-bond donors (Lipinski definition) is 0. The third-order valence-corrected chi connectivity index (χ3v) is 8.95. The zero-order valence-electron chi connectivity index (χ0n) is 14.8. The summed E-state index contributed by atoms with van der Waals surface area (Å²) in [4.78, 5) is 0. The third kappa shape index (κ3) is 3.96. The highest BCUT2D eigenvalue weighted by molar-refractivity contribution is 7.81. The molecule has 1 atom stereocenters. The highest BCUT2D eigenvalue weighted by Gasteiger charge is 2.21. The Morgan fingerprint density at radius 1 is 0.519 bits per heavy atom. The fourth-order valence-corrected chi connectivity index (χ4v) is 7.54. The van der Waals surface area contributed by atoms with Crippen molar-refractivity contribution in [1.82, 2.24) is 0 Å². The van der Waals surface area contributed by atoms with Crippen LogP contribution in [0.5, 0.6) is 0 Å². The van der Waals surface area contributed by atoms with Crippen LogP contribution in [0.3, 0.4) is 0 Å². The Kier molecular flexibility index (Phi) is 5.64. The topological polar surface area (TPSA) is 17.1 Å². The maximum atomic E-state index is 13.4. The molecule has 0 heterocycles. The summed E-state index contributed by atoms with van der Waals surface area (Å²) in [6, 6.07) is 39.1. The van der Waals surface area contributed by atoms with E-state index < -0.39 is 15.7 Å². The molecule has 4 rings (SSSR count). The standard InChI is InChI=1S/C24H20OP2/c25-27(22-16-8-3-9-17-22)24-19-11-10-18-23(24)26(20-12-4-1-5-13-20)21-14-6-2-7-15-21/h1-19,27H. The average molecular weight is 386 g/mol. The molecule has 1 unspecified atom stereocenters. The van der Waals surface area contributed by atoms with Gasteiger partial charge in [-0.3, -0.25) is 0 Å². The van der Waals surface area contributed by atoms with Crippen LogP contribution in [0.25, 0.3) is 0 Å². The van der Waals surface area contributed by atoms with Crippen LogP contribution in [0.4, 0.5) is 0 Å². The summed E-state index contributed by atoms with van der Waals surface area (Å²) < 4.78 is 13.4. The lowest BCUT2D eigenvalue weighted by Crippen LogP contribution is -2.30. The van der Waals surface area contributed by atoms with Crippen LogP contribution in [0.2, 0.25) is 0 Å². The van der Waals surface area contributed by atoms with Crippen molar-refractivity contribution >= 4 is 42.2 Å². The Balaban J connectivity index is 1.88. The van der Waals surface area contributed by atoms with Gasteiger partial charge in [0.05, 0.1) is 0 Å². The molecule has 0 radical (unpaired) electrons. The van der Waals surface area contributed by atoms with Gasteiger partial charge >= 0.3 is 0 Å². The van der Waals surface area contributed by atoms with E-state index in [1.165, 1.54) is 15.9 Å². The van der Waals surface area contributed by atoms with E-state index in [2.05, 4.69) is 60.7 Å². The zero-order valence-corrected chi connectivity index (χ0v) is 16.7. The van der Waals surface area contributed by atoms with Crippen LogP contribution in [0.15, 0.2) is 115 Å². The van der Waals surface area contributed by atoms with Gasteiger partial charge in [-0.05, 0) is 23.8 Å². The van der Waals surface area contributed by atoms with E-state index in [9.17, 15) is 4.57 Å². The highest BCUT2D eigenvalue weighted by Crippen LogP contribution is 2.34. The van der Waals surface area contributed by atoms with Gasteiger partial charge in [-0.2, -0.15) is 0 Å². The average Bonchev–Trinajstić information content (AvgIpc) is 2.76. The van der Waals surface area contributed by atoms with Crippen molar-refractivity contribution in [3.63, 3.8) is 0 Å². The van der Waals surface area contributed by atoms with E-state index in [1.807, 2.05) is 54.6 Å². The molecule has 0 amide bonds.